The van der Waals surface area contributed by atoms with Crippen LogP contribution >= 0.6 is 0 Å². The van der Waals surface area contributed by atoms with Gasteiger partial charge in [0.15, 0.2) is 18.0 Å². The number of rotatable bonds is 4. The van der Waals surface area contributed by atoms with Gasteiger partial charge in [-0.05, 0) is 70.8 Å². The number of hydrogen-bond acceptors (Lipinski definition) is 2. The number of aromatic nitrogens is 2. The van der Waals surface area contributed by atoms with Crippen molar-refractivity contribution in [3.05, 3.63) is 121 Å². The third kappa shape index (κ3) is 4.47. The quantitative estimate of drug-likeness (QED) is 0.144. The maximum Gasteiger partial charge on any atom is 0.181 e. The van der Waals surface area contributed by atoms with Crippen LogP contribution in [0.25, 0.3) is 27.6 Å². The van der Waals surface area contributed by atoms with Crippen molar-refractivity contribution in [2.75, 3.05) is 25.7 Å². The van der Waals surface area contributed by atoms with Gasteiger partial charge in [-0.1, -0.05) is 71.9 Å². The molecule has 2 atom stereocenters. The van der Waals surface area contributed by atoms with Crippen LogP contribution in [0.1, 0.15) is 58.2 Å². The SMILES string of the molecule is Cc1ccc2c(c1)[N@@+]1(C)[CH-][N@+]2(c2cc(N(C)c3ccc4c5ccccc5n(-c5cc(C(C)(C)C)ccn5)c4c3)cc(C(C)(C)C)c2)C1. The first-order valence-electron chi connectivity index (χ1n) is 16.8. The van der Waals surface area contributed by atoms with E-state index in [9.17, 15) is 0 Å². The molecule has 1 saturated heterocycles. The van der Waals surface area contributed by atoms with E-state index in [0.717, 1.165) is 32.7 Å². The molecule has 1 fully saturated rings. The first-order valence-corrected chi connectivity index (χ1v) is 16.8. The standard InChI is InChI=1S/C42H46N5/c1-28-14-17-38-39(20-28)46(9)26-47(38,27-46)33-22-30(42(5,6)7)21-32(24-33)44(8)31-15-16-35-34-12-10-11-13-36(34)45(37(35)25-31)40-23-29(18-19-43-40)41(2,3)4/h10-26H,27H2,1-9H3/q+1/t46-,47+/m0/s1. The molecule has 0 saturated carbocycles. The Morgan fingerprint density at radius 3 is 2.19 bits per heavy atom. The molecule has 0 N–H and O–H groups in total. The molecule has 3 aliphatic heterocycles. The first kappa shape index (κ1) is 29.9. The molecule has 0 spiro atoms. The minimum absolute atomic E-state index is 0.00287. The maximum atomic E-state index is 4.91. The Hall–Kier alpha value is -4.45. The second-order valence-corrected chi connectivity index (χ2v) is 16.1. The zero-order chi connectivity index (χ0) is 33.1. The number of para-hydroxylation sites is 1. The predicted octanol–water partition coefficient (Wildman–Crippen LogP) is 10.5. The predicted molar refractivity (Wildman–Crippen MR) is 200 cm³/mol. The summed E-state index contributed by atoms with van der Waals surface area (Å²) in [6.07, 6.45) is 1.95. The molecule has 238 valence electrons. The van der Waals surface area contributed by atoms with E-state index in [-0.39, 0.29) is 10.8 Å². The van der Waals surface area contributed by atoms with Gasteiger partial charge in [0.1, 0.15) is 11.5 Å². The van der Waals surface area contributed by atoms with Gasteiger partial charge in [-0.3, -0.25) is 9.05 Å². The number of benzene rings is 4. The van der Waals surface area contributed by atoms with Crippen LogP contribution in [0.15, 0.2) is 97.2 Å². The highest BCUT2D eigenvalue weighted by molar-refractivity contribution is 6.10. The van der Waals surface area contributed by atoms with Gasteiger partial charge < -0.3 is 9.38 Å². The molecule has 5 heteroatoms. The van der Waals surface area contributed by atoms with Gasteiger partial charge in [0, 0.05) is 59.7 Å². The number of quaternary nitrogens is 2. The van der Waals surface area contributed by atoms with Gasteiger partial charge in [-0.15, -0.1) is 0 Å². The second kappa shape index (κ2) is 9.79. The summed E-state index contributed by atoms with van der Waals surface area (Å²) in [5.41, 5.74) is 12.8. The average Bonchev–Trinajstić information content (AvgIpc) is 3.58. The molecule has 4 aromatic carbocycles. The summed E-state index contributed by atoms with van der Waals surface area (Å²) in [6, 6.07) is 34.2. The first-order chi connectivity index (χ1) is 22.2. The molecule has 2 bridgehead atoms. The molecule has 0 aliphatic carbocycles. The Kier molecular flexibility index (Phi) is 6.23. The van der Waals surface area contributed by atoms with Crippen LogP contribution in [-0.4, -0.2) is 30.3 Å². The van der Waals surface area contributed by atoms with E-state index in [1.54, 1.807) is 0 Å². The molecule has 9 rings (SSSR count). The fourth-order valence-electron chi connectivity index (χ4n) is 7.84. The highest BCUT2D eigenvalue weighted by Crippen LogP contribution is 2.61. The number of pyridine rings is 1. The summed E-state index contributed by atoms with van der Waals surface area (Å²) in [7, 11) is 4.54. The van der Waals surface area contributed by atoms with E-state index in [1.165, 1.54) is 55.7 Å². The number of anilines is 2. The van der Waals surface area contributed by atoms with E-state index >= 15 is 0 Å². The van der Waals surface area contributed by atoms with Crippen molar-refractivity contribution in [3.8, 4) is 5.82 Å². The highest BCUT2D eigenvalue weighted by atomic mass is 15.7. The van der Waals surface area contributed by atoms with Crippen molar-refractivity contribution in [2.24, 2.45) is 0 Å². The summed E-state index contributed by atoms with van der Waals surface area (Å²) in [5, 5.41) is 2.48. The van der Waals surface area contributed by atoms with E-state index < -0.39 is 0 Å². The van der Waals surface area contributed by atoms with Crippen molar-refractivity contribution in [1.29, 1.82) is 0 Å². The van der Waals surface area contributed by atoms with Gasteiger partial charge in [-0.2, -0.15) is 0 Å². The highest BCUT2D eigenvalue weighted by Gasteiger charge is 2.59. The molecule has 47 heavy (non-hydrogen) atoms. The van der Waals surface area contributed by atoms with Crippen molar-refractivity contribution < 1.29 is 0 Å². The number of fused-ring (bicyclic) bond motifs is 3. The van der Waals surface area contributed by atoms with Gasteiger partial charge in [0.25, 0.3) is 0 Å². The number of hydrogen-bond donors (Lipinski definition) is 0. The molecule has 3 aliphatic rings. The fourth-order valence-corrected chi connectivity index (χ4v) is 7.84. The van der Waals surface area contributed by atoms with E-state index in [1.807, 2.05) is 6.20 Å². The van der Waals surface area contributed by atoms with Gasteiger partial charge in [0.2, 0.25) is 0 Å². The summed E-state index contributed by atoms with van der Waals surface area (Å²) >= 11 is 0. The number of nitrogens with zero attached hydrogens (tertiary/aromatic N) is 5. The fraction of sp³-hybridized carbons (Fsp3) is 0.286. The van der Waals surface area contributed by atoms with E-state index in [0.29, 0.717) is 0 Å². The minimum Gasteiger partial charge on any atom is -0.344 e. The van der Waals surface area contributed by atoms with Gasteiger partial charge in [-0.25, -0.2) is 4.98 Å². The normalized spacial score (nSPS) is 20.4. The smallest absolute Gasteiger partial charge is 0.181 e. The third-order valence-corrected chi connectivity index (χ3v) is 10.6. The summed E-state index contributed by atoms with van der Waals surface area (Å²) in [5.74, 6) is 0.952. The topological polar surface area (TPSA) is 21.1 Å². The molecule has 5 heterocycles. The molecular weight excluding hydrogens is 574 g/mol. The zero-order valence-electron chi connectivity index (χ0n) is 29.3. The summed E-state index contributed by atoms with van der Waals surface area (Å²) < 4.78 is 4.01. The van der Waals surface area contributed by atoms with Crippen LogP contribution in [0.2, 0.25) is 0 Å². The molecule has 0 unspecified atom stereocenters. The molecule has 6 aromatic rings. The van der Waals surface area contributed by atoms with Crippen molar-refractivity contribution in [1.82, 2.24) is 18.5 Å². The monoisotopic (exact) mass is 620 g/mol. The summed E-state index contributed by atoms with van der Waals surface area (Å²) in [6.45, 7) is 19.5. The lowest BCUT2D eigenvalue weighted by atomic mass is 9.86. The lowest BCUT2D eigenvalue weighted by molar-refractivity contribution is 0.157. The largest absolute Gasteiger partial charge is 0.344 e. The van der Waals surface area contributed by atoms with Crippen LogP contribution in [0.4, 0.5) is 28.4 Å². The Bertz CT molecular complexity index is 2220. The Morgan fingerprint density at radius 2 is 1.45 bits per heavy atom. The Labute approximate surface area is 279 Å². The van der Waals surface area contributed by atoms with Crippen LogP contribution in [0, 0.1) is 13.6 Å². The molecule has 5 nitrogen and oxygen atoms in total. The third-order valence-electron chi connectivity index (χ3n) is 10.6. The van der Waals surface area contributed by atoms with Crippen LogP contribution < -0.4 is 13.9 Å². The molecular formula is C42H46N5+. The van der Waals surface area contributed by atoms with Gasteiger partial charge >= 0.3 is 0 Å². The average molecular weight is 621 g/mol. The van der Waals surface area contributed by atoms with Gasteiger partial charge in [0.05, 0.1) is 24.7 Å². The minimum atomic E-state index is 0.00287. The van der Waals surface area contributed by atoms with E-state index in [4.69, 9.17) is 4.98 Å². The Balaban J connectivity index is 1.29. The van der Waals surface area contributed by atoms with Crippen molar-refractivity contribution in [3.63, 3.8) is 0 Å². The number of aryl methyl sites for hydroxylation is 1. The molecule has 0 radical (unpaired) electrons. The summed E-state index contributed by atoms with van der Waals surface area (Å²) in [4.78, 5) is 7.27. The van der Waals surface area contributed by atoms with Crippen LogP contribution in [-0.2, 0) is 10.8 Å². The molecule has 2 aromatic heterocycles. The molecule has 0 amide bonds. The van der Waals surface area contributed by atoms with Crippen LogP contribution in [0.5, 0.6) is 0 Å². The van der Waals surface area contributed by atoms with Crippen molar-refractivity contribution in [2.45, 2.75) is 59.3 Å². The maximum absolute atomic E-state index is 4.91. The van der Waals surface area contributed by atoms with E-state index in [2.05, 4.69) is 170 Å². The Morgan fingerprint density at radius 1 is 0.723 bits per heavy atom. The second-order valence-electron chi connectivity index (χ2n) is 16.1. The lowest BCUT2D eigenvalue weighted by Gasteiger charge is -2.55. The lowest BCUT2D eigenvalue weighted by Crippen LogP contribution is -2.68. The zero-order valence-corrected chi connectivity index (χ0v) is 29.3. The van der Waals surface area contributed by atoms with Crippen molar-refractivity contribution >= 4 is 50.2 Å². The van der Waals surface area contributed by atoms with Crippen LogP contribution in [0.3, 0.4) is 0 Å².